The zero-order valence-electron chi connectivity index (χ0n) is 10.8. The zero-order chi connectivity index (χ0) is 12.6. The van der Waals surface area contributed by atoms with Crippen LogP contribution in [-0.4, -0.2) is 44.4 Å². The van der Waals surface area contributed by atoms with Crippen molar-refractivity contribution in [1.29, 1.82) is 0 Å². The summed E-state index contributed by atoms with van der Waals surface area (Å²) >= 11 is 0. The molecule has 1 saturated heterocycles. The van der Waals surface area contributed by atoms with Crippen LogP contribution < -0.4 is 10.4 Å². The average Bonchev–Trinajstić information content (AvgIpc) is 2.45. The Morgan fingerprint density at radius 2 is 2.00 bits per heavy atom. The van der Waals surface area contributed by atoms with Gasteiger partial charge in [0.1, 0.15) is 0 Å². The van der Waals surface area contributed by atoms with E-state index < -0.39 is 0 Å². The zero-order valence-corrected chi connectivity index (χ0v) is 10.8. The van der Waals surface area contributed by atoms with Crippen LogP contribution in [0, 0.1) is 0 Å². The van der Waals surface area contributed by atoms with Crippen LogP contribution in [0.25, 0.3) is 0 Å². The number of piperidine rings is 1. The molecule has 1 aromatic heterocycles. The van der Waals surface area contributed by atoms with E-state index in [9.17, 15) is 0 Å². The lowest BCUT2D eigenvalue weighted by molar-refractivity contribution is -0.0158. The SMILES string of the molecule is COCCONC1CCN(c2ccncc2)CC1. The fourth-order valence-corrected chi connectivity index (χ4v) is 2.11. The Kier molecular flexibility index (Phi) is 5.38. The fraction of sp³-hybridized carbons (Fsp3) is 0.615. The van der Waals surface area contributed by atoms with E-state index in [-0.39, 0.29) is 0 Å². The second kappa shape index (κ2) is 7.31. The van der Waals surface area contributed by atoms with Gasteiger partial charge in [-0.15, -0.1) is 0 Å². The summed E-state index contributed by atoms with van der Waals surface area (Å²) < 4.78 is 4.93. The number of ether oxygens (including phenoxy) is 1. The standard InChI is InChI=1S/C13H21N3O2/c1-17-10-11-18-15-12-4-8-16(9-5-12)13-2-6-14-7-3-13/h2-3,6-7,12,15H,4-5,8-11H2,1H3. The predicted octanol–water partition coefficient (Wildman–Crippen LogP) is 1.22. The van der Waals surface area contributed by atoms with Crippen LogP contribution in [0.4, 0.5) is 5.69 Å². The first-order valence-corrected chi connectivity index (χ1v) is 6.41. The molecule has 1 fully saturated rings. The Morgan fingerprint density at radius 3 is 2.67 bits per heavy atom. The molecule has 5 heteroatoms. The number of nitrogens with zero attached hydrogens (tertiary/aromatic N) is 2. The van der Waals surface area contributed by atoms with Crippen molar-refractivity contribution in [3.05, 3.63) is 24.5 Å². The molecule has 5 nitrogen and oxygen atoms in total. The maximum absolute atomic E-state index is 5.35. The number of nitrogens with one attached hydrogen (secondary N) is 1. The van der Waals surface area contributed by atoms with E-state index in [0.717, 1.165) is 25.9 Å². The largest absolute Gasteiger partial charge is 0.382 e. The average molecular weight is 251 g/mol. The Labute approximate surface area is 108 Å². The van der Waals surface area contributed by atoms with Crippen LogP contribution in [0.2, 0.25) is 0 Å². The van der Waals surface area contributed by atoms with Gasteiger partial charge in [-0.2, -0.15) is 5.48 Å². The Morgan fingerprint density at radius 1 is 1.28 bits per heavy atom. The predicted molar refractivity (Wildman–Crippen MR) is 70.4 cm³/mol. The van der Waals surface area contributed by atoms with Crippen molar-refractivity contribution in [1.82, 2.24) is 10.5 Å². The molecular formula is C13H21N3O2. The molecule has 100 valence electrons. The van der Waals surface area contributed by atoms with Crippen molar-refractivity contribution in [3.8, 4) is 0 Å². The van der Waals surface area contributed by atoms with Gasteiger partial charge in [0.25, 0.3) is 0 Å². The first-order chi connectivity index (χ1) is 8.90. The van der Waals surface area contributed by atoms with Gasteiger partial charge in [-0.25, -0.2) is 0 Å². The molecule has 0 aliphatic carbocycles. The molecule has 1 aromatic rings. The first kappa shape index (κ1) is 13.3. The van der Waals surface area contributed by atoms with E-state index in [4.69, 9.17) is 9.57 Å². The molecule has 0 saturated carbocycles. The summed E-state index contributed by atoms with van der Waals surface area (Å²) in [5, 5.41) is 0. The van der Waals surface area contributed by atoms with Crippen molar-refractivity contribution in [2.45, 2.75) is 18.9 Å². The quantitative estimate of drug-likeness (QED) is 0.608. The molecule has 2 rings (SSSR count). The molecule has 0 bridgehead atoms. The maximum atomic E-state index is 5.35. The molecule has 2 heterocycles. The molecule has 0 spiro atoms. The number of hydrogen-bond donors (Lipinski definition) is 1. The molecule has 0 aromatic carbocycles. The first-order valence-electron chi connectivity index (χ1n) is 6.41. The normalized spacial score (nSPS) is 17.1. The van der Waals surface area contributed by atoms with Crippen molar-refractivity contribution in [2.75, 3.05) is 38.3 Å². The molecule has 18 heavy (non-hydrogen) atoms. The lowest BCUT2D eigenvalue weighted by Crippen LogP contribution is -2.42. The summed E-state index contributed by atoms with van der Waals surface area (Å²) in [5.74, 6) is 0. The topological polar surface area (TPSA) is 46.6 Å². The third kappa shape index (κ3) is 3.94. The number of anilines is 1. The van der Waals surface area contributed by atoms with E-state index in [2.05, 4.69) is 27.5 Å². The second-order valence-corrected chi connectivity index (χ2v) is 4.43. The minimum absolute atomic E-state index is 0.444. The summed E-state index contributed by atoms with van der Waals surface area (Å²) in [5.41, 5.74) is 4.36. The summed E-state index contributed by atoms with van der Waals surface area (Å²) in [4.78, 5) is 11.8. The highest BCUT2D eigenvalue weighted by Crippen LogP contribution is 2.18. The smallest absolute Gasteiger partial charge is 0.0915 e. The lowest BCUT2D eigenvalue weighted by atomic mass is 10.1. The van der Waals surface area contributed by atoms with Gasteiger partial charge in [-0.3, -0.25) is 9.82 Å². The van der Waals surface area contributed by atoms with Crippen LogP contribution in [0.3, 0.4) is 0 Å². The minimum Gasteiger partial charge on any atom is -0.382 e. The minimum atomic E-state index is 0.444. The van der Waals surface area contributed by atoms with Gasteiger partial charge in [-0.1, -0.05) is 0 Å². The van der Waals surface area contributed by atoms with Crippen molar-refractivity contribution < 1.29 is 9.57 Å². The van der Waals surface area contributed by atoms with Gasteiger partial charge in [0.15, 0.2) is 0 Å². The summed E-state index contributed by atoms with van der Waals surface area (Å²) in [7, 11) is 1.68. The number of methoxy groups -OCH3 is 1. The number of pyridine rings is 1. The molecule has 1 N–H and O–H groups in total. The number of rotatable bonds is 6. The van der Waals surface area contributed by atoms with Crippen LogP contribution in [0.1, 0.15) is 12.8 Å². The van der Waals surface area contributed by atoms with Gasteiger partial charge >= 0.3 is 0 Å². The van der Waals surface area contributed by atoms with Crippen LogP contribution in [0.15, 0.2) is 24.5 Å². The van der Waals surface area contributed by atoms with E-state index >= 15 is 0 Å². The van der Waals surface area contributed by atoms with Crippen molar-refractivity contribution in [2.24, 2.45) is 0 Å². The third-order valence-corrected chi connectivity index (χ3v) is 3.16. The van der Waals surface area contributed by atoms with Crippen LogP contribution in [0.5, 0.6) is 0 Å². The third-order valence-electron chi connectivity index (χ3n) is 3.16. The summed E-state index contributed by atoms with van der Waals surface area (Å²) in [6.45, 7) is 3.33. The monoisotopic (exact) mass is 251 g/mol. The highest BCUT2D eigenvalue weighted by molar-refractivity contribution is 5.44. The lowest BCUT2D eigenvalue weighted by Gasteiger charge is -2.33. The van der Waals surface area contributed by atoms with Crippen molar-refractivity contribution in [3.63, 3.8) is 0 Å². The molecule has 1 aliphatic rings. The van der Waals surface area contributed by atoms with Gasteiger partial charge < -0.3 is 9.64 Å². The van der Waals surface area contributed by atoms with Crippen LogP contribution >= 0.6 is 0 Å². The molecular weight excluding hydrogens is 230 g/mol. The van der Waals surface area contributed by atoms with Gasteiger partial charge in [0.05, 0.1) is 13.2 Å². The number of hydroxylamine groups is 1. The van der Waals surface area contributed by atoms with Gasteiger partial charge in [0.2, 0.25) is 0 Å². The molecule has 0 amide bonds. The number of hydrogen-bond acceptors (Lipinski definition) is 5. The van der Waals surface area contributed by atoms with E-state index in [1.165, 1.54) is 5.69 Å². The summed E-state index contributed by atoms with van der Waals surface area (Å²) in [6, 6.07) is 4.56. The van der Waals surface area contributed by atoms with Crippen molar-refractivity contribution >= 4 is 5.69 Å². The summed E-state index contributed by atoms with van der Waals surface area (Å²) in [6.07, 6.45) is 5.87. The van der Waals surface area contributed by atoms with Crippen LogP contribution in [-0.2, 0) is 9.57 Å². The molecule has 1 aliphatic heterocycles. The van der Waals surface area contributed by atoms with Gasteiger partial charge in [0, 0.05) is 44.3 Å². The fourth-order valence-electron chi connectivity index (χ4n) is 2.11. The molecule has 0 unspecified atom stereocenters. The number of aromatic nitrogens is 1. The Balaban J connectivity index is 1.68. The van der Waals surface area contributed by atoms with Gasteiger partial charge in [-0.05, 0) is 25.0 Å². The van der Waals surface area contributed by atoms with E-state index in [1.54, 1.807) is 7.11 Å². The molecule has 0 radical (unpaired) electrons. The molecule has 0 atom stereocenters. The highest BCUT2D eigenvalue weighted by Gasteiger charge is 2.19. The second-order valence-electron chi connectivity index (χ2n) is 4.43. The van der Waals surface area contributed by atoms with E-state index in [0.29, 0.717) is 19.3 Å². The van der Waals surface area contributed by atoms with E-state index in [1.807, 2.05) is 12.4 Å². The Bertz CT molecular complexity index is 326. The maximum Gasteiger partial charge on any atom is 0.0915 e. The Hall–Kier alpha value is -1.17. The highest BCUT2D eigenvalue weighted by atomic mass is 16.7.